The second-order valence-corrected chi connectivity index (χ2v) is 5.74. The van der Waals surface area contributed by atoms with Crippen molar-refractivity contribution in [2.45, 2.75) is 6.92 Å². The van der Waals surface area contributed by atoms with E-state index in [1.54, 1.807) is 29.6 Å². The largest absolute Gasteiger partial charge is 0.493 e. The first-order valence-electron chi connectivity index (χ1n) is 7.14. The van der Waals surface area contributed by atoms with E-state index >= 15 is 0 Å². The van der Waals surface area contributed by atoms with Crippen molar-refractivity contribution in [3.8, 4) is 11.5 Å². The Balaban J connectivity index is 2.15. The van der Waals surface area contributed by atoms with Gasteiger partial charge in [-0.25, -0.2) is 0 Å². The molecule has 0 unspecified atom stereocenters. The maximum absolute atomic E-state index is 12.4. The number of thiophene rings is 1. The molecule has 1 aromatic carbocycles. The van der Waals surface area contributed by atoms with Crippen molar-refractivity contribution >= 4 is 34.1 Å². The van der Waals surface area contributed by atoms with Crippen molar-refractivity contribution < 1.29 is 23.9 Å². The number of carbonyl (C=O) groups excluding carboxylic acids is 3. The Morgan fingerprint density at radius 1 is 0.960 bits per heavy atom. The summed E-state index contributed by atoms with van der Waals surface area (Å²) >= 11 is 1.19. The van der Waals surface area contributed by atoms with Crippen LogP contribution in [0.5, 0.6) is 11.5 Å². The summed E-state index contributed by atoms with van der Waals surface area (Å²) in [4.78, 5) is 35.3. The molecule has 1 heterocycles. The molecule has 0 fully saturated rings. The van der Waals surface area contributed by atoms with Gasteiger partial charge in [-0.3, -0.25) is 25.2 Å². The van der Waals surface area contributed by atoms with Crippen LogP contribution in [0.4, 0.5) is 5.00 Å². The normalized spacial score (nSPS) is 9.88. The molecular weight excluding hydrogens is 346 g/mol. The summed E-state index contributed by atoms with van der Waals surface area (Å²) in [6.45, 7) is 1.27. The quantitative estimate of drug-likeness (QED) is 0.703. The van der Waals surface area contributed by atoms with Crippen molar-refractivity contribution in [3.05, 3.63) is 40.8 Å². The topological polar surface area (TPSA) is 106 Å². The zero-order valence-corrected chi connectivity index (χ0v) is 14.7. The SMILES string of the molecule is COc1ccc(C(=O)Nc2sccc2C(=O)NNC(C)=O)cc1OC. The molecule has 1 aromatic heterocycles. The van der Waals surface area contributed by atoms with Gasteiger partial charge in [0.15, 0.2) is 11.5 Å². The van der Waals surface area contributed by atoms with Gasteiger partial charge in [0.1, 0.15) is 5.00 Å². The highest BCUT2D eigenvalue weighted by Crippen LogP contribution is 2.29. The van der Waals surface area contributed by atoms with Crippen LogP contribution in [0.15, 0.2) is 29.6 Å². The van der Waals surface area contributed by atoms with E-state index in [1.807, 2.05) is 0 Å². The van der Waals surface area contributed by atoms with Gasteiger partial charge in [0.2, 0.25) is 5.91 Å². The molecule has 0 saturated carbocycles. The molecule has 9 heteroatoms. The average molecular weight is 363 g/mol. The number of hydrogen-bond acceptors (Lipinski definition) is 6. The molecule has 0 atom stereocenters. The second-order valence-electron chi connectivity index (χ2n) is 4.82. The summed E-state index contributed by atoms with van der Waals surface area (Å²) in [7, 11) is 2.98. The molecule has 0 radical (unpaired) electrons. The smallest absolute Gasteiger partial charge is 0.272 e. The molecule has 132 valence electrons. The highest BCUT2D eigenvalue weighted by atomic mass is 32.1. The molecule has 0 aliphatic heterocycles. The molecule has 0 spiro atoms. The van der Waals surface area contributed by atoms with Gasteiger partial charge in [0, 0.05) is 12.5 Å². The molecule has 0 aliphatic rings. The monoisotopic (exact) mass is 363 g/mol. The number of hydrazine groups is 1. The lowest BCUT2D eigenvalue weighted by Gasteiger charge is -2.10. The van der Waals surface area contributed by atoms with Gasteiger partial charge in [-0.1, -0.05) is 0 Å². The zero-order valence-electron chi connectivity index (χ0n) is 13.8. The first-order chi connectivity index (χ1) is 12.0. The minimum absolute atomic E-state index is 0.243. The van der Waals surface area contributed by atoms with Crippen LogP contribution in [-0.4, -0.2) is 31.9 Å². The van der Waals surface area contributed by atoms with Crippen LogP contribution >= 0.6 is 11.3 Å². The average Bonchev–Trinajstić information content (AvgIpc) is 3.07. The van der Waals surface area contributed by atoms with E-state index in [0.717, 1.165) is 0 Å². The van der Waals surface area contributed by atoms with Crippen LogP contribution in [0, 0.1) is 0 Å². The lowest BCUT2D eigenvalue weighted by molar-refractivity contribution is -0.119. The standard InChI is InChI=1S/C16H17N3O5S/c1-9(20)18-19-15(22)11-6-7-25-16(11)17-14(21)10-4-5-12(23-2)13(8-10)24-3/h4-8H,1-3H3,(H,17,21)(H,18,20)(H,19,22). The molecular formula is C16H17N3O5S. The Labute approximate surface area is 148 Å². The van der Waals surface area contributed by atoms with Crippen molar-refractivity contribution in [2.24, 2.45) is 0 Å². The summed E-state index contributed by atoms with van der Waals surface area (Å²) in [6, 6.07) is 6.29. The molecule has 2 aromatic rings. The molecule has 0 aliphatic carbocycles. The van der Waals surface area contributed by atoms with E-state index in [1.165, 1.54) is 32.5 Å². The Kier molecular flexibility index (Phi) is 5.96. The van der Waals surface area contributed by atoms with Gasteiger partial charge < -0.3 is 14.8 Å². The number of rotatable bonds is 5. The Bertz CT molecular complexity index is 803. The van der Waals surface area contributed by atoms with Gasteiger partial charge in [0.25, 0.3) is 11.8 Å². The van der Waals surface area contributed by atoms with Crippen LogP contribution < -0.4 is 25.6 Å². The predicted molar refractivity (Wildman–Crippen MR) is 93.1 cm³/mol. The molecule has 25 heavy (non-hydrogen) atoms. The molecule has 0 saturated heterocycles. The highest BCUT2D eigenvalue weighted by Gasteiger charge is 2.17. The summed E-state index contributed by atoms with van der Waals surface area (Å²) in [5, 5.41) is 4.70. The molecule has 3 amide bonds. The fourth-order valence-electron chi connectivity index (χ4n) is 1.95. The van der Waals surface area contributed by atoms with Crippen LogP contribution in [0.25, 0.3) is 0 Å². The van der Waals surface area contributed by atoms with Crippen molar-refractivity contribution in [2.75, 3.05) is 19.5 Å². The maximum atomic E-state index is 12.4. The molecule has 3 N–H and O–H groups in total. The van der Waals surface area contributed by atoms with Crippen molar-refractivity contribution in [1.29, 1.82) is 0 Å². The summed E-state index contributed by atoms with van der Waals surface area (Å²) in [5.41, 5.74) is 5.04. The zero-order chi connectivity index (χ0) is 18.4. The van der Waals surface area contributed by atoms with Crippen LogP contribution in [-0.2, 0) is 4.79 Å². The van der Waals surface area contributed by atoms with Crippen LogP contribution in [0.3, 0.4) is 0 Å². The Morgan fingerprint density at radius 2 is 1.68 bits per heavy atom. The van der Waals surface area contributed by atoms with Gasteiger partial charge in [0.05, 0.1) is 19.8 Å². The van der Waals surface area contributed by atoms with Gasteiger partial charge in [-0.2, -0.15) is 0 Å². The van der Waals surface area contributed by atoms with Crippen molar-refractivity contribution in [1.82, 2.24) is 10.9 Å². The molecule has 2 rings (SSSR count). The second kappa shape index (κ2) is 8.15. The molecule has 0 bridgehead atoms. The van der Waals surface area contributed by atoms with Crippen molar-refractivity contribution in [3.63, 3.8) is 0 Å². The minimum Gasteiger partial charge on any atom is -0.493 e. The number of amides is 3. The van der Waals surface area contributed by atoms with Gasteiger partial charge in [-0.05, 0) is 29.6 Å². The first-order valence-corrected chi connectivity index (χ1v) is 8.02. The van der Waals surface area contributed by atoms with Crippen LogP contribution in [0.1, 0.15) is 27.6 Å². The third-order valence-electron chi connectivity index (χ3n) is 3.13. The van der Waals surface area contributed by atoms with Gasteiger partial charge >= 0.3 is 0 Å². The minimum atomic E-state index is -0.529. The fourth-order valence-corrected chi connectivity index (χ4v) is 2.73. The van der Waals surface area contributed by atoms with E-state index in [0.29, 0.717) is 22.1 Å². The number of anilines is 1. The van der Waals surface area contributed by atoms with Crippen LogP contribution in [0.2, 0.25) is 0 Å². The van der Waals surface area contributed by atoms with E-state index < -0.39 is 17.7 Å². The Morgan fingerprint density at radius 3 is 2.32 bits per heavy atom. The maximum Gasteiger partial charge on any atom is 0.272 e. The van der Waals surface area contributed by atoms with E-state index in [2.05, 4.69) is 16.2 Å². The number of carbonyl (C=O) groups is 3. The number of nitrogens with one attached hydrogen (secondary N) is 3. The summed E-state index contributed by atoms with van der Waals surface area (Å²) in [6.07, 6.45) is 0. The summed E-state index contributed by atoms with van der Waals surface area (Å²) < 4.78 is 10.3. The lowest BCUT2D eigenvalue weighted by Crippen LogP contribution is -2.40. The lowest BCUT2D eigenvalue weighted by atomic mass is 10.2. The Hall–Kier alpha value is -3.07. The first kappa shape index (κ1) is 18.3. The third-order valence-corrected chi connectivity index (χ3v) is 3.96. The van der Waals surface area contributed by atoms with E-state index in [9.17, 15) is 14.4 Å². The van der Waals surface area contributed by atoms with Gasteiger partial charge in [-0.15, -0.1) is 11.3 Å². The van der Waals surface area contributed by atoms with E-state index in [-0.39, 0.29) is 5.56 Å². The number of methoxy groups -OCH3 is 2. The van der Waals surface area contributed by atoms with E-state index in [4.69, 9.17) is 9.47 Å². The molecule has 8 nitrogen and oxygen atoms in total. The fraction of sp³-hybridized carbons (Fsp3) is 0.188. The summed E-state index contributed by atoms with van der Waals surface area (Å²) in [5.74, 6) is -0.411. The highest BCUT2D eigenvalue weighted by molar-refractivity contribution is 7.14. The number of hydrogen-bond donors (Lipinski definition) is 3. The number of ether oxygens (including phenoxy) is 2. The number of benzene rings is 1. The predicted octanol–water partition coefficient (Wildman–Crippen LogP) is 1.80. The third kappa shape index (κ3) is 4.48.